The summed E-state index contributed by atoms with van der Waals surface area (Å²) in [6, 6.07) is 15.2. The second kappa shape index (κ2) is 8.52. The van der Waals surface area contributed by atoms with Crippen LogP contribution in [-0.2, 0) is 0 Å². The Balaban J connectivity index is 1.83. The van der Waals surface area contributed by atoms with Crippen molar-refractivity contribution in [2.24, 2.45) is 5.73 Å². The van der Waals surface area contributed by atoms with Crippen LogP contribution in [-0.4, -0.2) is 34.1 Å². The van der Waals surface area contributed by atoms with Gasteiger partial charge in [0.2, 0.25) is 5.88 Å². The average Bonchev–Trinajstić information content (AvgIpc) is 2.78. The summed E-state index contributed by atoms with van der Waals surface area (Å²) in [6.45, 7) is 0. The fourth-order valence-electron chi connectivity index (χ4n) is 3.30. The van der Waals surface area contributed by atoms with E-state index < -0.39 is 11.9 Å². The van der Waals surface area contributed by atoms with E-state index in [0.29, 0.717) is 33.7 Å². The number of pyridine rings is 2. The van der Waals surface area contributed by atoms with Crippen LogP contribution in [0.25, 0.3) is 22.0 Å². The fourth-order valence-corrected chi connectivity index (χ4v) is 3.56. The number of carboxylic acids is 1. The molecule has 0 saturated carbocycles. The number of carboxylic acid groups (broad SMARTS) is 1. The lowest BCUT2D eigenvalue weighted by molar-refractivity contribution is 0.0696. The van der Waals surface area contributed by atoms with Crippen LogP contribution in [0.4, 0.5) is 11.4 Å². The lowest BCUT2D eigenvalue weighted by Gasteiger charge is -2.14. The molecule has 4 N–H and O–H groups in total. The normalized spacial score (nSPS) is 10.7. The first-order valence-electron chi connectivity index (χ1n) is 9.41. The quantitative estimate of drug-likeness (QED) is 0.370. The van der Waals surface area contributed by atoms with E-state index in [-0.39, 0.29) is 16.3 Å². The van der Waals surface area contributed by atoms with E-state index >= 15 is 0 Å². The molecule has 0 atom stereocenters. The van der Waals surface area contributed by atoms with Crippen molar-refractivity contribution in [2.75, 3.05) is 12.4 Å². The van der Waals surface area contributed by atoms with E-state index in [1.54, 1.807) is 30.3 Å². The number of nitrogens with one attached hydrogen (secondary N) is 1. The molecule has 2 heterocycles. The minimum Gasteiger partial charge on any atom is -0.481 e. The number of aromatic carboxylic acids is 1. The predicted octanol–water partition coefficient (Wildman–Crippen LogP) is 4.50. The molecular formula is C23H17ClN4O4. The summed E-state index contributed by atoms with van der Waals surface area (Å²) in [4.78, 5) is 31.9. The van der Waals surface area contributed by atoms with Gasteiger partial charge in [0.15, 0.2) is 0 Å². The van der Waals surface area contributed by atoms with Gasteiger partial charge in [0, 0.05) is 28.9 Å². The molecule has 32 heavy (non-hydrogen) atoms. The van der Waals surface area contributed by atoms with Gasteiger partial charge in [0.25, 0.3) is 5.91 Å². The number of fused-ring (bicyclic) bond motifs is 1. The van der Waals surface area contributed by atoms with Crippen molar-refractivity contribution < 1.29 is 19.4 Å². The zero-order valence-electron chi connectivity index (χ0n) is 16.8. The van der Waals surface area contributed by atoms with Crippen LogP contribution in [0.2, 0.25) is 5.15 Å². The van der Waals surface area contributed by atoms with E-state index in [1.807, 2.05) is 12.1 Å². The summed E-state index contributed by atoms with van der Waals surface area (Å²) >= 11 is 6.31. The number of carbonyl (C=O) groups is 2. The van der Waals surface area contributed by atoms with Crippen LogP contribution < -0.4 is 15.8 Å². The van der Waals surface area contributed by atoms with Crippen LogP contribution >= 0.6 is 11.6 Å². The Labute approximate surface area is 187 Å². The van der Waals surface area contributed by atoms with Gasteiger partial charge in [-0.05, 0) is 35.9 Å². The van der Waals surface area contributed by atoms with Crippen molar-refractivity contribution >= 4 is 45.8 Å². The van der Waals surface area contributed by atoms with Gasteiger partial charge in [-0.15, -0.1) is 0 Å². The number of nitrogens with two attached hydrogens (primary N) is 1. The lowest BCUT2D eigenvalue weighted by Crippen LogP contribution is -2.14. The highest BCUT2D eigenvalue weighted by molar-refractivity contribution is 6.32. The molecule has 0 spiro atoms. The van der Waals surface area contributed by atoms with Crippen LogP contribution in [0.1, 0.15) is 20.7 Å². The Kier molecular flexibility index (Phi) is 5.61. The number of primary amides is 1. The van der Waals surface area contributed by atoms with Crippen molar-refractivity contribution in [3.63, 3.8) is 0 Å². The number of hydrogen-bond acceptors (Lipinski definition) is 6. The molecule has 0 bridgehead atoms. The van der Waals surface area contributed by atoms with Gasteiger partial charge in [-0.25, -0.2) is 9.78 Å². The second-order valence-electron chi connectivity index (χ2n) is 6.85. The number of carbonyl (C=O) groups excluding carboxylic acids is 1. The molecule has 4 aromatic rings. The summed E-state index contributed by atoms with van der Waals surface area (Å²) in [5, 5.41) is 13.3. The number of amides is 1. The maximum atomic E-state index is 12.0. The molecule has 160 valence electrons. The van der Waals surface area contributed by atoms with Gasteiger partial charge in [0.1, 0.15) is 5.15 Å². The maximum Gasteiger partial charge on any atom is 0.335 e. The Morgan fingerprint density at radius 2 is 1.94 bits per heavy atom. The molecule has 0 fully saturated rings. The van der Waals surface area contributed by atoms with E-state index in [4.69, 9.17) is 22.1 Å². The number of methoxy groups -OCH3 is 1. The summed E-state index contributed by atoms with van der Waals surface area (Å²) in [5.74, 6) is -1.32. The Hall–Kier alpha value is -4.17. The average molecular weight is 449 g/mol. The molecule has 0 aliphatic carbocycles. The molecule has 4 rings (SSSR count). The van der Waals surface area contributed by atoms with Gasteiger partial charge in [0.05, 0.1) is 29.4 Å². The zero-order valence-corrected chi connectivity index (χ0v) is 17.6. The topological polar surface area (TPSA) is 127 Å². The Morgan fingerprint density at radius 1 is 1.12 bits per heavy atom. The summed E-state index contributed by atoms with van der Waals surface area (Å²) in [7, 11) is 1.51. The van der Waals surface area contributed by atoms with E-state index in [0.717, 1.165) is 5.56 Å². The first-order chi connectivity index (χ1) is 15.4. The molecule has 8 nitrogen and oxygen atoms in total. The Morgan fingerprint density at radius 3 is 2.62 bits per heavy atom. The van der Waals surface area contributed by atoms with E-state index in [9.17, 15) is 14.7 Å². The molecule has 0 radical (unpaired) electrons. The van der Waals surface area contributed by atoms with Crippen molar-refractivity contribution in [3.05, 3.63) is 77.1 Å². The molecule has 1 amide bonds. The highest BCUT2D eigenvalue weighted by atomic mass is 35.5. The highest BCUT2D eigenvalue weighted by Gasteiger charge is 2.16. The predicted molar refractivity (Wildman–Crippen MR) is 122 cm³/mol. The third-order valence-corrected chi connectivity index (χ3v) is 5.14. The minimum absolute atomic E-state index is 0.109. The van der Waals surface area contributed by atoms with Crippen molar-refractivity contribution in [3.8, 4) is 17.0 Å². The molecule has 0 aliphatic heterocycles. The van der Waals surface area contributed by atoms with Crippen LogP contribution in [0.15, 0.2) is 60.8 Å². The fraction of sp³-hybridized carbons (Fsp3) is 0.0435. The van der Waals surface area contributed by atoms with Gasteiger partial charge in [-0.3, -0.25) is 9.78 Å². The standard InChI is InChI=1S/C23H17ClN4O4/c1-32-19-8-7-15(21(24)28-19)12-5-6-16-18(10-12)26-11-17(22(25)29)20(16)27-14-4-2-3-13(9-14)23(30)31/h2-11H,1H3,(H2,25,29)(H,26,27)(H,30,31). The van der Waals surface area contributed by atoms with Gasteiger partial charge < -0.3 is 20.9 Å². The third-order valence-electron chi connectivity index (χ3n) is 4.86. The Bertz CT molecular complexity index is 1370. The number of nitrogens with zero attached hydrogens (tertiary/aromatic N) is 2. The molecule has 0 aliphatic rings. The molecule has 0 unspecified atom stereocenters. The molecule has 2 aromatic carbocycles. The monoisotopic (exact) mass is 448 g/mol. The summed E-state index contributed by atoms with van der Waals surface area (Å²) in [5.41, 5.74) is 8.81. The van der Waals surface area contributed by atoms with Gasteiger partial charge in [-0.1, -0.05) is 29.8 Å². The summed E-state index contributed by atoms with van der Waals surface area (Å²) < 4.78 is 5.09. The van der Waals surface area contributed by atoms with Crippen LogP contribution in [0.3, 0.4) is 0 Å². The number of aromatic nitrogens is 2. The van der Waals surface area contributed by atoms with E-state index in [1.165, 1.54) is 25.4 Å². The first-order valence-corrected chi connectivity index (χ1v) is 9.79. The third kappa shape index (κ3) is 4.03. The number of halogens is 1. The first kappa shape index (κ1) is 21.1. The zero-order chi connectivity index (χ0) is 22.8. The largest absolute Gasteiger partial charge is 0.481 e. The number of benzene rings is 2. The van der Waals surface area contributed by atoms with E-state index in [2.05, 4.69) is 15.3 Å². The SMILES string of the molecule is COc1ccc(-c2ccc3c(Nc4cccc(C(=O)O)c4)c(C(N)=O)cnc3c2)c(Cl)n1. The number of anilines is 2. The number of ether oxygens (including phenoxy) is 1. The molecule has 0 saturated heterocycles. The van der Waals surface area contributed by atoms with Crippen molar-refractivity contribution in [1.29, 1.82) is 0 Å². The summed E-state index contributed by atoms with van der Waals surface area (Å²) in [6.07, 6.45) is 1.38. The smallest absolute Gasteiger partial charge is 0.335 e. The molecular weight excluding hydrogens is 432 g/mol. The minimum atomic E-state index is -1.06. The second-order valence-corrected chi connectivity index (χ2v) is 7.20. The van der Waals surface area contributed by atoms with Crippen molar-refractivity contribution in [1.82, 2.24) is 9.97 Å². The van der Waals surface area contributed by atoms with Gasteiger partial charge >= 0.3 is 5.97 Å². The highest BCUT2D eigenvalue weighted by Crippen LogP contribution is 2.34. The molecule has 2 aromatic heterocycles. The molecule has 9 heteroatoms. The lowest BCUT2D eigenvalue weighted by atomic mass is 10.0. The van der Waals surface area contributed by atoms with Crippen molar-refractivity contribution in [2.45, 2.75) is 0 Å². The van der Waals surface area contributed by atoms with Gasteiger partial charge in [-0.2, -0.15) is 0 Å². The number of rotatable bonds is 6. The number of hydrogen-bond donors (Lipinski definition) is 3. The van der Waals surface area contributed by atoms with Crippen LogP contribution in [0.5, 0.6) is 5.88 Å². The van der Waals surface area contributed by atoms with Crippen LogP contribution in [0, 0.1) is 0 Å². The maximum absolute atomic E-state index is 12.0.